The minimum absolute atomic E-state index is 0.183. The van der Waals surface area contributed by atoms with E-state index < -0.39 is 0 Å². The van der Waals surface area contributed by atoms with Gasteiger partial charge in [-0.25, -0.2) is 0 Å². The molecule has 0 radical (unpaired) electrons. The van der Waals surface area contributed by atoms with Crippen LogP contribution in [0.15, 0.2) is 40.4 Å². The summed E-state index contributed by atoms with van der Waals surface area (Å²) in [7, 11) is 0. The van der Waals surface area contributed by atoms with Crippen molar-refractivity contribution in [1.82, 2.24) is 4.98 Å². The largest absolute Gasteiger partial charge is 0.252 e. The Hall–Kier alpha value is -0.670. The molecule has 0 N–H and O–H groups in total. The Labute approximate surface area is 86.0 Å². The topological polar surface area (TPSA) is 12.9 Å². The maximum absolute atomic E-state index is 7.55. The van der Waals surface area contributed by atoms with Gasteiger partial charge in [-0.1, -0.05) is 28.1 Å². The van der Waals surface area contributed by atoms with Crippen LogP contribution < -0.4 is 0 Å². The van der Waals surface area contributed by atoms with E-state index in [-0.39, 0.29) is 11.7 Å². The molecule has 0 aliphatic heterocycles. The molecule has 1 aromatic heterocycles. The monoisotopic (exact) mass is 241 g/mol. The fourth-order valence-corrected chi connectivity index (χ4v) is 1.68. The normalized spacial score (nSPS) is 12.4. The molecule has 3 heteroatoms. The highest BCUT2D eigenvalue weighted by molar-refractivity contribution is 9.10. The van der Waals surface area contributed by atoms with Gasteiger partial charge in [0.15, 0.2) is 0 Å². The minimum atomic E-state index is 0.183. The summed E-state index contributed by atoms with van der Waals surface area (Å²) < 4.78 is 15.9. The summed E-state index contributed by atoms with van der Waals surface area (Å²) >= 11 is 4.57. The van der Waals surface area contributed by atoms with Gasteiger partial charge in [0.05, 0.1) is 13.1 Å². The Morgan fingerprint density at radius 1 is 1.33 bits per heavy atom. The second kappa shape index (κ2) is 3.37. The molecule has 2 aromatic rings. The third-order valence-corrected chi connectivity index (χ3v) is 2.70. The lowest BCUT2D eigenvalue weighted by Crippen LogP contribution is -1.70. The highest BCUT2D eigenvalue weighted by atomic mass is 79.9. The fourth-order valence-electron chi connectivity index (χ4n) is 0.890. The molecule has 0 saturated carbocycles. The Kier molecular flexibility index (Phi) is 1.65. The Morgan fingerprint density at radius 3 is 2.67 bits per heavy atom. The van der Waals surface area contributed by atoms with Crippen LogP contribution in [0.2, 0.25) is 0 Å². The third-order valence-electron chi connectivity index (χ3n) is 1.46. The van der Waals surface area contributed by atoms with Crippen molar-refractivity contribution in [2.75, 3.05) is 0 Å². The van der Waals surface area contributed by atoms with Crippen LogP contribution in [0.1, 0.15) is 2.74 Å². The first-order chi connectivity index (χ1) is 6.66. The van der Waals surface area contributed by atoms with Crippen LogP contribution in [0, 0.1) is 0 Å². The molecule has 0 amide bonds. The lowest BCUT2D eigenvalue weighted by atomic mass is 10.2. The van der Waals surface area contributed by atoms with Crippen LogP contribution in [0.5, 0.6) is 0 Å². The molecule has 0 aliphatic rings. The predicted molar refractivity (Wildman–Crippen MR) is 55.3 cm³/mol. The van der Waals surface area contributed by atoms with E-state index in [1.54, 1.807) is 0 Å². The fraction of sp³-hybridized carbons (Fsp3) is 0. The van der Waals surface area contributed by atoms with E-state index in [0.717, 1.165) is 14.9 Å². The van der Waals surface area contributed by atoms with Gasteiger partial charge in [0.1, 0.15) is 0 Å². The van der Waals surface area contributed by atoms with Gasteiger partial charge >= 0.3 is 0 Å². The van der Waals surface area contributed by atoms with Crippen LogP contribution in [0.3, 0.4) is 0 Å². The van der Waals surface area contributed by atoms with Gasteiger partial charge < -0.3 is 0 Å². The van der Waals surface area contributed by atoms with Crippen LogP contribution in [-0.4, -0.2) is 4.98 Å². The lowest BCUT2D eigenvalue weighted by molar-refractivity contribution is 1.42. The van der Waals surface area contributed by atoms with E-state index in [4.69, 9.17) is 2.74 Å². The van der Waals surface area contributed by atoms with Crippen molar-refractivity contribution in [3.05, 3.63) is 40.4 Å². The van der Waals surface area contributed by atoms with Gasteiger partial charge in [-0.15, -0.1) is 11.3 Å². The van der Waals surface area contributed by atoms with E-state index in [1.807, 2.05) is 24.3 Å². The Morgan fingerprint density at radius 2 is 2.08 bits per heavy atom. The molecule has 1 nitrogen and oxygen atoms in total. The number of hydrogen-bond acceptors (Lipinski definition) is 2. The summed E-state index contributed by atoms with van der Waals surface area (Å²) in [6.07, 6.45) is 0.183. The van der Waals surface area contributed by atoms with Gasteiger partial charge in [-0.3, -0.25) is 4.98 Å². The zero-order valence-electron chi connectivity index (χ0n) is 8.04. The van der Waals surface area contributed by atoms with Gasteiger partial charge in [0.25, 0.3) is 0 Å². The average molecular weight is 242 g/mol. The van der Waals surface area contributed by atoms with E-state index in [0.29, 0.717) is 0 Å². The number of nitrogens with zero attached hydrogens (tertiary/aromatic N) is 1. The van der Waals surface area contributed by atoms with Crippen LogP contribution >= 0.6 is 27.3 Å². The molecule has 0 spiro atoms. The second-order valence-corrected chi connectivity index (χ2v) is 3.96. The van der Waals surface area contributed by atoms with Gasteiger partial charge in [0, 0.05) is 10.6 Å². The first-order valence-electron chi connectivity index (χ1n) is 4.37. The molecular weight excluding hydrogens is 234 g/mol. The molecule has 1 aromatic carbocycles. The molecule has 0 saturated heterocycles. The van der Waals surface area contributed by atoms with Crippen molar-refractivity contribution in [3.8, 4) is 10.4 Å². The standard InChI is InChI=1S/C9H6BrNS/c10-8-3-1-7(2-4-8)9-5-11-6-12-9/h1-6H/i5D,6D. The van der Waals surface area contributed by atoms with Gasteiger partial charge in [-0.2, -0.15) is 0 Å². The van der Waals surface area contributed by atoms with Gasteiger partial charge in [0.2, 0.25) is 0 Å². The SMILES string of the molecule is [2H]c1nc([2H])c(-c2ccc(Br)cc2)s1. The molecule has 0 bridgehead atoms. The summed E-state index contributed by atoms with van der Waals surface area (Å²) in [5.41, 5.74) is 1.13. The number of hydrogen-bond donors (Lipinski definition) is 0. The van der Waals surface area contributed by atoms with E-state index in [9.17, 15) is 0 Å². The smallest absolute Gasteiger partial charge is 0.0960 e. The molecule has 0 fully saturated rings. The van der Waals surface area contributed by atoms with Crippen molar-refractivity contribution in [3.63, 3.8) is 0 Å². The lowest BCUT2D eigenvalue weighted by Gasteiger charge is -1.95. The molecule has 60 valence electrons. The average Bonchev–Trinajstić information content (AvgIpc) is 2.47. The van der Waals surface area contributed by atoms with Crippen molar-refractivity contribution in [1.29, 1.82) is 0 Å². The molecular formula is C9H6BrNS. The van der Waals surface area contributed by atoms with E-state index in [2.05, 4.69) is 20.9 Å². The highest BCUT2D eigenvalue weighted by Crippen LogP contribution is 2.24. The first-order valence-corrected chi connectivity index (χ1v) is 4.98. The number of benzene rings is 1. The minimum Gasteiger partial charge on any atom is -0.252 e. The number of aromatic nitrogens is 1. The van der Waals surface area contributed by atoms with Crippen LogP contribution in [0.4, 0.5) is 0 Å². The van der Waals surface area contributed by atoms with Crippen molar-refractivity contribution in [2.24, 2.45) is 0 Å². The quantitative estimate of drug-likeness (QED) is 0.744. The maximum Gasteiger partial charge on any atom is 0.0960 e. The van der Waals surface area contributed by atoms with E-state index in [1.165, 1.54) is 11.3 Å². The van der Waals surface area contributed by atoms with E-state index >= 15 is 0 Å². The number of halogens is 1. The van der Waals surface area contributed by atoms with Crippen molar-refractivity contribution in [2.45, 2.75) is 0 Å². The molecule has 2 rings (SSSR count). The van der Waals surface area contributed by atoms with Crippen LogP contribution in [-0.2, 0) is 0 Å². The highest BCUT2D eigenvalue weighted by Gasteiger charge is 1.97. The summed E-state index contributed by atoms with van der Waals surface area (Å²) in [6.45, 7) is 0. The number of rotatable bonds is 1. The van der Waals surface area contributed by atoms with Gasteiger partial charge in [-0.05, 0) is 17.7 Å². The number of thiazole rings is 1. The Bertz CT molecular complexity index is 452. The zero-order valence-corrected chi connectivity index (χ0v) is 8.45. The molecule has 0 unspecified atom stereocenters. The Balaban J connectivity index is 2.49. The summed E-state index contributed by atoms with van der Waals surface area (Å²) in [4.78, 5) is 4.50. The third kappa shape index (κ3) is 1.57. The van der Waals surface area contributed by atoms with Crippen molar-refractivity contribution >= 4 is 27.3 Å². The second-order valence-electron chi connectivity index (χ2n) is 2.25. The van der Waals surface area contributed by atoms with Crippen LogP contribution in [0.25, 0.3) is 10.4 Å². The molecule has 12 heavy (non-hydrogen) atoms. The van der Waals surface area contributed by atoms with Crippen molar-refractivity contribution < 1.29 is 2.74 Å². The molecule has 0 atom stereocenters. The molecule has 1 heterocycles. The molecule has 0 aliphatic carbocycles. The first kappa shape index (κ1) is 5.89. The zero-order chi connectivity index (χ0) is 10.1. The maximum atomic E-state index is 7.55. The predicted octanol–water partition coefficient (Wildman–Crippen LogP) is 3.57. The summed E-state index contributed by atoms with van der Waals surface area (Å²) in [5.74, 6) is 0. The summed E-state index contributed by atoms with van der Waals surface area (Å²) in [6, 6.07) is 7.65. The summed E-state index contributed by atoms with van der Waals surface area (Å²) in [5, 5.41) is 0.